The van der Waals surface area contributed by atoms with Gasteiger partial charge in [0.25, 0.3) is 0 Å². The minimum atomic E-state index is 0.328. The Hall–Kier alpha value is -1.52. The molecule has 2 fully saturated rings. The lowest BCUT2D eigenvalue weighted by molar-refractivity contribution is 0.348. The van der Waals surface area contributed by atoms with Gasteiger partial charge in [-0.1, -0.05) is 6.42 Å². The standard InChI is InChI=1S/C14H23N5/c1-2-16-12-7-13(19-14(15)18-12)17-8-11-6-9-3-4-10(11)5-9/h7,9-11H,2-6,8H2,1H3,(H4,15,16,17,18,19). The summed E-state index contributed by atoms with van der Waals surface area (Å²) in [7, 11) is 0. The maximum atomic E-state index is 5.73. The molecule has 3 rings (SSSR count). The molecule has 104 valence electrons. The number of nitrogens with one attached hydrogen (secondary N) is 2. The van der Waals surface area contributed by atoms with Gasteiger partial charge in [0.05, 0.1) is 0 Å². The van der Waals surface area contributed by atoms with Gasteiger partial charge in [-0.25, -0.2) is 0 Å². The van der Waals surface area contributed by atoms with Crippen LogP contribution in [-0.2, 0) is 0 Å². The highest BCUT2D eigenvalue weighted by atomic mass is 15.1. The van der Waals surface area contributed by atoms with E-state index in [4.69, 9.17) is 5.73 Å². The Bertz CT molecular complexity index is 447. The first-order chi connectivity index (χ1) is 9.24. The van der Waals surface area contributed by atoms with E-state index in [2.05, 4.69) is 20.6 Å². The van der Waals surface area contributed by atoms with Gasteiger partial charge in [-0.2, -0.15) is 9.97 Å². The fourth-order valence-corrected chi connectivity index (χ4v) is 3.69. The van der Waals surface area contributed by atoms with Crippen molar-refractivity contribution in [2.75, 3.05) is 29.5 Å². The van der Waals surface area contributed by atoms with E-state index in [0.717, 1.165) is 42.5 Å². The fraction of sp³-hybridized carbons (Fsp3) is 0.714. The lowest BCUT2D eigenvalue weighted by Gasteiger charge is -2.22. The first-order valence-electron chi connectivity index (χ1n) is 7.37. The van der Waals surface area contributed by atoms with Gasteiger partial charge >= 0.3 is 0 Å². The van der Waals surface area contributed by atoms with Gasteiger partial charge in [-0.05, 0) is 43.9 Å². The van der Waals surface area contributed by atoms with Gasteiger partial charge < -0.3 is 16.4 Å². The lowest BCUT2D eigenvalue weighted by Crippen LogP contribution is -2.21. The molecule has 0 spiro atoms. The van der Waals surface area contributed by atoms with Gasteiger partial charge in [-0.15, -0.1) is 0 Å². The molecular weight excluding hydrogens is 238 g/mol. The number of hydrogen-bond donors (Lipinski definition) is 3. The zero-order chi connectivity index (χ0) is 13.2. The molecule has 0 aliphatic heterocycles. The van der Waals surface area contributed by atoms with Gasteiger partial charge in [0, 0.05) is 19.2 Å². The second kappa shape index (κ2) is 5.23. The van der Waals surface area contributed by atoms with Crippen molar-refractivity contribution in [1.29, 1.82) is 0 Å². The van der Waals surface area contributed by atoms with Crippen LogP contribution in [-0.4, -0.2) is 23.1 Å². The zero-order valence-corrected chi connectivity index (χ0v) is 11.5. The number of nitrogens with two attached hydrogens (primary N) is 1. The third-order valence-corrected chi connectivity index (χ3v) is 4.53. The molecule has 1 aromatic rings. The number of nitrogens with zero attached hydrogens (tertiary/aromatic N) is 2. The summed E-state index contributed by atoms with van der Waals surface area (Å²) in [5.41, 5.74) is 5.73. The maximum absolute atomic E-state index is 5.73. The third kappa shape index (κ3) is 2.74. The van der Waals surface area contributed by atoms with E-state index in [-0.39, 0.29) is 0 Å². The van der Waals surface area contributed by atoms with Gasteiger partial charge in [-0.3, -0.25) is 0 Å². The van der Waals surface area contributed by atoms with Crippen molar-refractivity contribution in [3.63, 3.8) is 0 Å². The molecule has 4 N–H and O–H groups in total. The Kier molecular flexibility index (Phi) is 3.44. The normalized spacial score (nSPS) is 28.6. The Morgan fingerprint density at radius 3 is 2.63 bits per heavy atom. The Balaban J connectivity index is 1.60. The molecule has 2 aliphatic carbocycles. The summed E-state index contributed by atoms with van der Waals surface area (Å²) < 4.78 is 0. The van der Waals surface area contributed by atoms with Crippen LogP contribution in [0.15, 0.2) is 6.07 Å². The summed E-state index contributed by atoms with van der Waals surface area (Å²) in [5, 5.41) is 6.61. The van der Waals surface area contributed by atoms with Crippen LogP contribution in [0.5, 0.6) is 0 Å². The molecule has 2 aliphatic rings. The Morgan fingerprint density at radius 1 is 1.21 bits per heavy atom. The summed E-state index contributed by atoms with van der Waals surface area (Å²) in [6.07, 6.45) is 5.71. The van der Waals surface area contributed by atoms with Crippen molar-refractivity contribution >= 4 is 17.6 Å². The van der Waals surface area contributed by atoms with E-state index < -0.39 is 0 Å². The highest BCUT2D eigenvalue weighted by molar-refractivity contribution is 5.50. The number of hydrogen-bond acceptors (Lipinski definition) is 5. The van der Waals surface area contributed by atoms with E-state index in [0.29, 0.717) is 5.95 Å². The molecule has 2 bridgehead atoms. The van der Waals surface area contributed by atoms with E-state index >= 15 is 0 Å². The fourth-order valence-electron chi connectivity index (χ4n) is 3.69. The van der Waals surface area contributed by atoms with Crippen LogP contribution in [0.4, 0.5) is 17.6 Å². The first kappa shape index (κ1) is 12.5. The summed E-state index contributed by atoms with van der Waals surface area (Å²) >= 11 is 0. The Labute approximate surface area is 114 Å². The molecule has 19 heavy (non-hydrogen) atoms. The van der Waals surface area contributed by atoms with Crippen molar-refractivity contribution in [2.24, 2.45) is 17.8 Å². The molecule has 5 heteroatoms. The molecule has 3 atom stereocenters. The van der Waals surface area contributed by atoms with Crippen LogP contribution in [0, 0.1) is 17.8 Å². The van der Waals surface area contributed by atoms with Crippen molar-refractivity contribution in [3.8, 4) is 0 Å². The maximum Gasteiger partial charge on any atom is 0.223 e. The third-order valence-electron chi connectivity index (χ3n) is 4.53. The van der Waals surface area contributed by atoms with Crippen molar-refractivity contribution < 1.29 is 0 Å². The summed E-state index contributed by atoms with van der Waals surface area (Å²) in [5.74, 6) is 4.71. The Morgan fingerprint density at radius 2 is 2.00 bits per heavy atom. The lowest BCUT2D eigenvalue weighted by atomic mass is 9.89. The van der Waals surface area contributed by atoms with Crippen LogP contribution in [0.2, 0.25) is 0 Å². The van der Waals surface area contributed by atoms with E-state index in [1.165, 1.54) is 25.7 Å². The molecule has 1 heterocycles. The molecule has 1 aromatic heterocycles. The average Bonchev–Trinajstić information content (AvgIpc) is 2.98. The topological polar surface area (TPSA) is 75.9 Å². The van der Waals surface area contributed by atoms with Crippen LogP contribution >= 0.6 is 0 Å². The molecule has 0 radical (unpaired) electrons. The molecule has 0 saturated heterocycles. The smallest absolute Gasteiger partial charge is 0.223 e. The minimum absolute atomic E-state index is 0.328. The SMILES string of the molecule is CCNc1cc(NCC2CC3CCC2C3)nc(N)n1. The number of aromatic nitrogens is 2. The van der Waals surface area contributed by atoms with Crippen molar-refractivity contribution in [2.45, 2.75) is 32.6 Å². The second-order valence-electron chi connectivity index (χ2n) is 5.84. The zero-order valence-electron chi connectivity index (χ0n) is 11.5. The largest absolute Gasteiger partial charge is 0.370 e. The average molecular weight is 261 g/mol. The van der Waals surface area contributed by atoms with Crippen LogP contribution < -0.4 is 16.4 Å². The van der Waals surface area contributed by atoms with Gasteiger partial charge in [0.2, 0.25) is 5.95 Å². The van der Waals surface area contributed by atoms with E-state index in [9.17, 15) is 0 Å². The number of fused-ring (bicyclic) bond motifs is 2. The van der Waals surface area contributed by atoms with Crippen LogP contribution in [0.1, 0.15) is 32.6 Å². The first-order valence-corrected chi connectivity index (χ1v) is 7.37. The van der Waals surface area contributed by atoms with Gasteiger partial charge in [0.1, 0.15) is 11.6 Å². The second-order valence-corrected chi connectivity index (χ2v) is 5.84. The molecule has 0 aromatic carbocycles. The summed E-state index contributed by atoms with van der Waals surface area (Å²) in [4.78, 5) is 8.41. The highest BCUT2D eigenvalue weighted by Crippen LogP contribution is 2.48. The number of anilines is 3. The van der Waals surface area contributed by atoms with Crippen LogP contribution in [0.3, 0.4) is 0 Å². The van der Waals surface area contributed by atoms with Gasteiger partial charge in [0.15, 0.2) is 0 Å². The highest BCUT2D eigenvalue weighted by Gasteiger charge is 2.39. The molecule has 0 amide bonds. The predicted molar refractivity (Wildman–Crippen MR) is 78.0 cm³/mol. The predicted octanol–water partition coefficient (Wildman–Crippen LogP) is 2.34. The van der Waals surface area contributed by atoms with E-state index in [1.807, 2.05) is 13.0 Å². The molecule has 3 unspecified atom stereocenters. The van der Waals surface area contributed by atoms with Crippen molar-refractivity contribution in [3.05, 3.63) is 6.07 Å². The van der Waals surface area contributed by atoms with Crippen molar-refractivity contribution in [1.82, 2.24) is 9.97 Å². The minimum Gasteiger partial charge on any atom is -0.370 e. The number of rotatable bonds is 5. The monoisotopic (exact) mass is 261 g/mol. The van der Waals surface area contributed by atoms with E-state index in [1.54, 1.807) is 0 Å². The quantitative estimate of drug-likeness (QED) is 0.758. The summed E-state index contributed by atoms with van der Waals surface area (Å²) in [6, 6.07) is 1.94. The molecule has 2 saturated carbocycles. The number of nitrogen functional groups attached to an aromatic ring is 1. The molecular formula is C14H23N5. The summed E-state index contributed by atoms with van der Waals surface area (Å²) in [6.45, 7) is 3.89. The van der Waals surface area contributed by atoms with Crippen LogP contribution in [0.25, 0.3) is 0 Å². The molecule has 5 nitrogen and oxygen atoms in total.